The molecule has 1 saturated heterocycles. The van der Waals surface area contributed by atoms with E-state index in [4.69, 9.17) is 11.5 Å². The van der Waals surface area contributed by atoms with Gasteiger partial charge in [-0.2, -0.15) is 0 Å². The quantitative estimate of drug-likeness (QED) is 0.850. The Hall–Kier alpha value is -1.62. The molecule has 4 N–H and O–H groups in total. The first kappa shape index (κ1) is 13.8. The van der Waals surface area contributed by atoms with Crippen LogP contribution in [0.1, 0.15) is 34.6 Å². The van der Waals surface area contributed by atoms with Crippen molar-refractivity contribution in [3.8, 4) is 0 Å². The van der Waals surface area contributed by atoms with Crippen LogP contribution in [0.4, 0.5) is 5.69 Å². The van der Waals surface area contributed by atoms with Crippen LogP contribution >= 0.6 is 0 Å². The molecule has 1 amide bonds. The fourth-order valence-electron chi connectivity index (χ4n) is 2.84. The SMILES string of the molecule is Cc1cc(N2CCCC(CN)C2)c(C(N)=O)c(C)n1. The van der Waals surface area contributed by atoms with Crippen LogP contribution in [0, 0.1) is 19.8 Å². The topological polar surface area (TPSA) is 85.2 Å². The van der Waals surface area contributed by atoms with E-state index >= 15 is 0 Å². The van der Waals surface area contributed by atoms with Crippen molar-refractivity contribution < 1.29 is 4.79 Å². The van der Waals surface area contributed by atoms with Crippen molar-refractivity contribution in [1.82, 2.24) is 4.98 Å². The molecule has 1 fully saturated rings. The maximum Gasteiger partial charge on any atom is 0.252 e. The van der Waals surface area contributed by atoms with Gasteiger partial charge in [-0.05, 0) is 45.2 Å². The molecule has 0 aliphatic carbocycles. The van der Waals surface area contributed by atoms with Crippen molar-refractivity contribution >= 4 is 11.6 Å². The maximum atomic E-state index is 11.7. The van der Waals surface area contributed by atoms with E-state index in [-0.39, 0.29) is 0 Å². The molecule has 1 atom stereocenters. The average Bonchev–Trinajstić information content (AvgIpc) is 2.37. The molecule has 1 aromatic heterocycles. The molecule has 19 heavy (non-hydrogen) atoms. The Kier molecular flexibility index (Phi) is 4.04. The summed E-state index contributed by atoms with van der Waals surface area (Å²) in [4.78, 5) is 18.2. The van der Waals surface area contributed by atoms with Gasteiger partial charge in [-0.15, -0.1) is 0 Å². The van der Waals surface area contributed by atoms with Crippen LogP contribution in [0.5, 0.6) is 0 Å². The van der Waals surface area contributed by atoms with Crippen molar-refractivity contribution in [1.29, 1.82) is 0 Å². The lowest BCUT2D eigenvalue weighted by molar-refractivity contribution is 0.0999. The van der Waals surface area contributed by atoms with Crippen LogP contribution in [0.15, 0.2) is 6.07 Å². The predicted molar refractivity (Wildman–Crippen MR) is 76.2 cm³/mol. The number of primary amides is 1. The molecule has 2 heterocycles. The molecule has 5 nitrogen and oxygen atoms in total. The zero-order chi connectivity index (χ0) is 14.0. The average molecular weight is 262 g/mol. The lowest BCUT2D eigenvalue weighted by Gasteiger charge is -2.35. The summed E-state index contributed by atoms with van der Waals surface area (Å²) in [6.07, 6.45) is 2.25. The summed E-state index contributed by atoms with van der Waals surface area (Å²) in [7, 11) is 0. The molecule has 0 saturated carbocycles. The third kappa shape index (κ3) is 2.87. The molecule has 1 unspecified atom stereocenters. The molecule has 0 radical (unpaired) electrons. The summed E-state index contributed by atoms with van der Waals surface area (Å²) in [5.41, 5.74) is 14.4. The molecule has 104 valence electrons. The summed E-state index contributed by atoms with van der Waals surface area (Å²) < 4.78 is 0. The molecule has 1 aliphatic heterocycles. The molecule has 2 rings (SSSR count). The number of hydrogen-bond donors (Lipinski definition) is 2. The van der Waals surface area contributed by atoms with Crippen molar-refractivity contribution in [2.45, 2.75) is 26.7 Å². The molecule has 1 aromatic rings. The molecule has 0 spiro atoms. The van der Waals surface area contributed by atoms with E-state index in [1.807, 2.05) is 19.9 Å². The van der Waals surface area contributed by atoms with Crippen molar-refractivity contribution in [3.05, 3.63) is 23.0 Å². The largest absolute Gasteiger partial charge is 0.370 e. The molecule has 5 heteroatoms. The Morgan fingerprint density at radius 3 is 2.89 bits per heavy atom. The molecular weight excluding hydrogens is 240 g/mol. The number of nitrogens with zero attached hydrogens (tertiary/aromatic N) is 2. The van der Waals surface area contributed by atoms with Crippen molar-refractivity contribution in [2.75, 3.05) is 24.5 Å². The number of aryl methyl sites for hydroxylation is 2. The molecule has 0 bridgehead atoms. The second kappa shape index (κ2) is 5.57. The summed E-state index contributed by atoms with van der Waals surface area (Å²) in [5, 5.41) is 0. The number of aromatic nitrogens is 1. The van der Waals surface area contributed by atoms with Gasteiger partial charge < -0.3 is 16.4 Å². The highest BCUT2D eigenvalue weighted by atomic mass is 16.1. The van der Waals surface area contributed by atoms with Gasteiger partial charge in [0.15, 0.2) is 0 Å². The van der Waals surface area contributed by atoms with Crippen LogP contribution in [0.25, 0.3) is 0 Å². The Labute approximate surface area is 114 Å². The third-order valence-electron chi connectivity index (χ3n) is 3.75. The minimum atomic E-state index is -0.408. The van der Waals surface area contributed by atoms with Gasteiger partial charge in [0.05, 0.1) is 16.9 Å². The second-order valence-corrected chi connectivity index (χ2v) is 5.30. The van der Waals surface area contributed by atoms with Crippen LogP contribution in [-0.2, 0) is 0 Å². The van der Waals surface area contributed by atoms with Gasteiger partial charge in [0.2, 0.25) is 0 Å². The first-order valence-corrected chi connectivity index (χ1v) is 6.76. The van der Waals surface area contributed by atoms with Crippen LogP contribution in [0.2, 0.25) is 0 Å². The monoisotopic (exact) mass is 262 g/mol. The Balaban J connectivity index is 2.40. The molecule has 0 aromatic carbocycles. The first-order valence-electron chi connectivity index (χ1n) is 6.76. The van der Waals surface area contributed by atoms with E-state index in [0.29, 0.717) is 23.7 Å². The summed E-state index contributed by atoms with van der Waals surface area (Å²) in [5.74, 6) is 0.0816. The number of nitrogens with two attached hydrogens (primary N) is 2. The highest BCUT2D eigenvalue weighted by Crippen LogP contribution is 2.28. The van der Waals surface area contributed by atoms with E-state index in [2.05, 4.69) is 9.88 Å². The van der Waals surface area contributed by atoms with Gasteiger partial charge in [-0.25, -0.2) is 0 Å². The standard InChI is InChI=1S/C14H22N4O/c1-9-6-12(13(14(16)19)10(2)17-9)18-5-3-4-11(7-15)8-18/h6,11H,3-5,7-8,15H2,1-2H3,(H2,16,19). The summed E-state index contributed by atoms with van der Waals surface area (Å²) in [6, 6.07) is 1.95. The summed E-state index contributed by atoms with van der Waals surface area (Å²) >= 11 is 0. The number of pyridine rings is 1. The number of amides is 1. The van der Waals surface area contributed by atoms with Crippen LogP contribution in [-0.4, -0.2) is 30.5 Å². The lowest BCUT2D eigenvalue weighted by atomic mass is 9.96. The predicted octanol–water partition coefficient (Wildman–Crippen LogP) is 0.972. The number of hydrogen-bond acceptors (Lipinski definition) is 4. The Bertz CT molecular complexity index is 487. The minimum absolute atomic E-state index is 0.408. The lowest BCUT2D eigenvalue weighted by Crippen LogP contribution is -2.39. The highest BCUT2D eigenvalue weighted by Gasteiger charge is 2.24. The zero-order valence-corrected chi connectivity index (χ0v) is 11.6. The van der Waals surface area contributed by atoms with Crippen LogP contribution in [0.3, 0.4) is 0 Å². The number of piperidine rings is 1. The van der Waals surface area contributed by atoms with Gasteiger partial charge in [0, 0.05) is 18.8 Å². The van der Waals surface area contributed by atoms with Gasteiger partial charge in [-0.1, -0.05) is 0 Å². The molecular formula is C14H22N4O. The van der Waals surface area contributed by atoms with Crippen molar-refractivity contribution in [2.24, 2.45) is 17.4 Å². The van der Waals surface area contributed by atoms with E-state index in [1.165, 1.54) is 0 Å². The molecule has 1 aliphatic rings. The van der Waals surface area contributed by atoms with Crippen molar-refractivity contribution in [3.63, 3.8) is 0 Å². The highest BCUT2D eigenvalue weighted by molar-refractivity contribution is 5.99. The normalized spacial score (nSPS) is 19.5. The van der Waals surface area contributed by atoms with Crippen LogP contribution < -0.4 is 16.4 Å². The van der Waals surface area contributed by atoms with E-state index in [1.54, 1.807) is 0 Å². The smallest absolute Gasteiger partial charge is 0.252 e. The van der Waals surface area contributed by atoms with E-state index in [9.17, 15) is 4.79 Å². The Morgan fingerprint density at radius 1 is 1.53 bits per heavy atom. The second-order valence-electron chi connectivity index (χ2n) is 5.30. The summed E-state index contributed by atoms with van der Waals surface area (Å²) in [6.45, 7) is 6.29. The van der Waals surface area contributed by atoms with Gasteiger partial charge in [-0.3, -0.25) is 9.78 Å². The number of rotatable bonds is 3. The zero-order valence-electron chi connectivity index (χ0n) is 11.6. The maximum absolute atomic E-state index is 11.7. The number of carbonyl (C=O) groups excluding carboxylic acids is 1. The van der Waals surface area contributed by atoms with E-state index in [0.717, 1.165) is 37.3 Å². The fraction of sp³-hybridized carbons (Fsp3) is 0.571. The van der Waals surface area contributed by atoms with Gasteiger partial charge in [0.1, 0.15) is 0 Å². The van der Waals surface area contributed by atoms with Gasteiger partial charge >= 0.3 is 0 Å². The van der Waals surface area contributed by atoms with E-state index < -0.39 is 5.91 Å². The Morgan fingerprint density at radius 2 is 2.26 bits per heavy atom. The third-order valence-corrected chi connectivity index (χ3v) is 3.75. The van der Waals surface area contributed by atoms with Gasteiger partial charge in [0.25, 0.3) is 5.91 Å². The minimum Gasteiger partial charge on any atom is -0.370 e. The number of anilines is 1. The number of carbonyl (C=O) groups is 1. The first-order chi connectivity index (χ1) is 9.02. The fourth-order valence-corrected chi connectivity index (χ4v) is 2.84.